The molecule has 0 spiro atoms. The van der Waals surface area contributed by atoms with Crippen molar-refractivity contribution in [2.75, 3.05) is 19.6 Å². The van der Waals surface area contributed by atoms with Gasteiger partial charge in [0.05, 0.1) is 13.1 Å². The van der Waals surface area contributed by atoms with Crippen molar-refractivity contribution in [2.24, 2.45) is 0 Å². The number of hydrogen-bond acceptors (Lipinski definition) is 4. The third-order valence-electron chi connectivity index (χ3n) is 5.99. The number of fused-ring (bicyclic) bond motifs is 1. The van der Waals surface area contributed by atoms with Gasteiger partial charge >= 0.3 is 0 Å². The molecule has 3 aromatic rings. The van der Waals surface area contributed by atoms with Gasteiger partial charge in [-0.05, 0) is 67.5 Å². The van der Waals surface area contributed by atoms with Gasteiger partial charge in [0.25, 0.3) is 5.91 Å². The molecular formula is C26H28Cl2N2O3. The molecule has 0 bridgehead atoms. The second-order valence-corrected chi connectivity index (χ2v) is 8.45. The van der Waals surface area contributed by atoms with Gasteiger partial charge in [0.2, 0.25) is 0 Å². The molecule has 1 aromatic heterocycles. The fourth-order valence-corrected chi connectivity index (χ4v) is 4.14. The molecule has 0 N–H and O–H groups in total. The molecule has 33 heavy (non-hydrogen) atoms. The van der Waals surface area contributed by atoms with Crippen LogP contribution in [0.4, 0.5) is 0 Å². The summed E-state index contributed by atoms with van der Waals surface area (Å²) >= 11 is 5.90. The largest absolute Gasteiger partial charge is 0.463 e. The highest BCUT2D eigenvalue weighted by Gasteiger charge is 2.25. The lowest BCUT2D eigenvalue weighted by molar-refractivity contribution is 0.0718. The van der Waals surface area contributed by atoms with E-state index >= 15 is 0 Å². The summed E-state index contributed by atoms with van der Waals surface area (Å²) in [6.45, 7) is 8.14. The maximum Gasteiger partial charge on any atom is 0.254 e. The molecule has 0 aliphatic carbocycles. The summed E-state index contributed by atoms with van der Waals surface area (Å²) in [6.07, 6.45) is 0.788. The highest BCUT2D eigenvalue weighted by molar-refractivity contribution is 6.30. The molecule has 0 atom stereocenters. The number of ketones is 1. The number of carbonyl (C=O) groups excluding carboxylic acids is 2. The molecule has 1 aliphatic heterocycles. The van der Waals surface area contributed by atoms with E-state index in [4.69, 9.17) is 16.0 Å². The first kappa shape index (κ1) is 25.0. The molecule has 2 aromatic carbocycles. The number of rotatable bonds is 7. The molecule has 174 valence electrons. The maximum absolute atomic E-state index is 13.1. The Hall–Kier alpha value is -2.60. The van der Waals surface area contributed by atoms with E-state index in [1.54, 1.807) is 48.5 Å². The fourth-order valence-electron chi connectivity index (χ4n) is 4.01. The van der Waals surface area contributed by atoms with Crippen molar-refractivity contribution in [3.63, 3.8) is 0 Å². The number of carbonyl (C=O) groups is 2. The second kappa shape index (κ2) is 11.0. The Morgan fingerprint density at radius 1 is 0.970 bits per heavy atom. The number of halogens is 2. The molecule has 0 saturated heterocycles. The van der Waals surface area contributed by atoms with Gasteiger partial charge in [0.1, 0.15) is 11.5 Å². The Morgan fingerprint density at radius 3 is 2.15 bits per heavy atom. The topological polar surface area (TPSA) is 53.8 Å². The Bertz CT molecular complexity index is 1100. The number of nitrogens with zero attached hydrogens (tertiary/aromatic N) is 2. The normalized spacial score (nSPS) is 12.9. The van der Waals surface area contributed by atoms with Gasteiger partial charge < -0.3 is 9.32 Å². The molecule has 1 amide bonds. The van der Waals surface area contributed by atoms with Gasteiger partial charge in [-0.3, -0.25) is 14.5 Å². The molecule has 4 rings (SSSR count). The van der Waals surface area contributed by atoms with Crippen LogP contribution >= 0.6 is 24.0 Å². The van der Waals surface area contributed by atoms with Crippen molar-refractivity contribution in [1.29, 1.82) is 0 Å². The van der Waals surface area contributed by atoms with E-state index in [0.717, 1.165) is 37.6 Å². The Labute approximate surface area is 205 Å². The molecule has 0 fully saturated rings. The van der Waals surface area contributed by atoms with Gasteiger partial charge in [0, 0.05) is 28.3 Å². The van der Waals surface area contributed by atoms with Gasteiger partial charge in [-0.25, -0.2) is 0 Å². The molecule has 2 heterocycles. The zero-order valence-electron chi connectivity index (χ0n) is 18.8. The van der Waals surface area contributed by atoms with Crippen molar-refractivity contribution < 1.29 is 14.0 Å². The number of amides is 1. The van der Waals surface area contributed by atoms with Crippen LogP contribution in [-0.4, -0.2) is 41.1 Å². The summed E-state index contributed by atoms with van der Waals surface area (Å²) in [7, 11) is 0. The SMILES string of the molecule is CCN(CC)Cc1cc2c(o1)CN(C(=O)c1ccc(C(=O)c3ccc(Cl)cc3)cc1)CC2.Cl. The first-order valence-corrected chi connectivity index (χ1v) is 11.4. The van der Waals surface area contributed by atoms with Gasteiger partial charge in [-0.1, -0.05) is 37.6 Å². The average Bonchev–Trinajstić information content (AvgIpc) is 3.24. The van der Waals surface area contributed by atoms with Crippen LogP contribution in [0, 0.1) is 0 Å². The summed E-state index contributed by atoms with van der Waals surface area (Å²) in [4.78, 5) is 29.8. The van der Waals surface area contributed by atoms with E-state index in [0.29, 0.717) is 34.8 Å². The van der Waals surface area contributed by atoms with E-state index in [2.05, 4.69) is 24.8 Å². The van der Waals surface area contributed by atoms with E-state index < -0.39 is 0 Å². The first-order chi connectivity index (χ1) is 15.5. The Balaban J connectivity index is 0.00000306. The van der Waals surface area contributed by atoms with Crippen LogP contribution in [-0.2, 0) is 19.5 Å². The standard InChI is InChI=1S/C26H27ClN2O3.ClH/c1-3-28(4-2)16-23-15-21-13-14-29(17-24(21)32-23)26(31)20-7-5-18(6-8-20)25(30)19-9-11-22(27)12-10-19;/h5-12,15H,3-4,13-14,16-17H2,1-2H3;1H. The quantitative estimate of drug-likeness (QED) is 0.406. The molecule has 7 heteroatoms. The number of benzene rings is 2. The van der Waals surface area contributed by atoms with Crippen LogP contribution in [0.1, 0.15) is 57.2 Å². The van der Waals surface area contributed by atoms with Crippen LogP contribution in [0.5, 0.6) is 0 Å². The maximum atomic E-state index is 13.1. The molecule has 5 nitrogen and oxygen atoms in total. The Morgan fingerprint density at radius 2 is 1.55 bits per heavy atom. The van der Waals surface area contributed by atoms with Crippen molar-refractivity contribution in [2.45, 2.75) is 33.4 Å². The van der Waals surface area contributed by atoms with Gasteiger partial charge in [-0.15, -0.1) is 12.4 Å². The predicted molar refractivity (Wildman–Crippen MR) is 132 cm³/mol. The zero-order chi connectivity index (χ0) is 22.7. The molecule has 0 unspecified atom stereocenters. The van der Waals surface area contributed by atoms with Crippen molar-refractivity contribution in [1.82, 2.24) is 9.80 Å². The lowest BCUT2D eigenvalue weighted by Crippen LogP contribution is -2.35. The highest BCUT2D eigenvalue weighted by Crippen LogP contribution is 2.25. The Kier molecular flexibility index (Phi) is 8.35. The first-order valence-electron chi connectivity index (χ1n) is 11.0. The van der Waals surface area contributed by atoms with Crippen LogP contribution in [0.3, 0.4) is 0 Å². The van der Waals surface area contributed by atoms with Crippen molar-refractivity contribution in [3.05, 3.63) is 93.4 Å². The predicted octanol–water partition coefficient (Wildman–Crippen LogP) is 5.63. The lowest BCUT2D eigenvalue weighted by Gasteiger charge is -2.26. The highest BCUT2D eigenvalue weighted by atomic mass is 35.5. The van der Waals surface area contributed by atoms with Crippen molar-refractivity contribution in [3.8, 4) is 0 Å². The minimum atomic E-state index is -0.0976. The average molecular weight is 487 g/mol. The summed E-state index contributed by atoms with van der Waals surface area (Å²) in [5, 5.41) is 0.587. The minimum Gasteiger partial charge on any atom is -0.463 e. The monoisotopic (exact) mass is 486 g/mol. The summed E-state index contributed by atoms with van der Waals surface area (Å²) in [6, 6.07) is 15.8. The van der Waals surface area contributed by atoms with E-state index in [-0.39, 0.29) is 24.1 Å². The smallest absolute Gasteiger partial charge is 0.254 e. The summed E-state index contributed by atoms with van der Waals surface area (Å²) in [5.41, 5.74) is 2.86. The fraction of sp³-hybridized carbons (Fsp3) is 0.308. The van der Waals surface area contributed by atoms with Gasteiger partial charge in [0.15, 0.2) is 5.78 Å². The molecule has 0 saturated carbocycles. The van der Waals surface area contributed by atoms with E-state index in [9.17, 15) is 9.59 Å². The van der Waals surface area contributed by atoms with E-state index in [1.807, 2.05) is 4.90 Å². The molecular weight excluding hydrogens is 459 g/mol. The molecule has 0 radical (unpaired) electrons. The lowest BCUT2D eigenvalue weighted by atomic mass is 10.0. The summed E-state index contributed by atoms with van der Waals surface area (Å²) in [5.74, 6) is 1.68. The van der Waals surface area contributed by atoms with Gasteiger partial charge in [-0.2, -0.15) is 0 Å². The van der Waals surface area contributed by atoms with Crippen molar-refractivity contribution >= 4 is 35.7 Å². The van der Waals surface area contributed by atoms with Crippen LogP contribution < -0.4 is 0 Å². The van der Waals surface area contributed by atoms with Crippen LogP contribution in [0.25, 0.3) is 0 Å². The second-order valence-electron chi connectivity index (χ2n) is 8.01. The van der Waals surface area contributed by atoms with Crippen LogP contribution in [0.2, 0.25) is 5.02 Å². The summed E-state index contributed by atoms with van der Waals surface area (Å²) < 4.78 is 6.07. The minimum absolute atomic E-state index is 0. The third kappa shape index (κ3) is 5.67. The third-order valence-corrected chi connectivity index (χ3v) is 6.25. The number of hydrogen-bond donors (Lipinski definition) is 0. The van der Waals surface area contributed by atoms with Crippen LogP contribution in [0.15, 0.2) is 59.0 Å². The number of furan rings is 1. The van der Waals surface area contributed by atoms with E-state index in [1.165, 1.54) is 5.56 Å². The molecule has 1 aliphatic rings. The zero-order valence-corrected chi connectivity index (χ0v) is 20.4.